The van der Waals surface area contributed by atoms with Crippen LogP contribution in [0.3, 0.4) is 0 Å². The Balaban J connectivity index is 0. The van der Waals surface area contributed by atoms with Crippen molar-refractivity contribution in [3.63, 3.8) is 0 Å². The Hall–Kier alpha value is 1.70. The van der Waals surface area contributed by atoms with E-state index in [1.54, 1.807) is 0 Å². The maximum atomic E-state index is 2.34. The summed E-state index contributed by atoms with van der Waals surface area (Å²) in [6, 6.07) is 0. The third kappa shape index (κ3) is 11.8. The van der Waals surface area contributed by atoms with Crippen LogP contribution >= 0.6 is 0 Å². The third-order valence-electron chi connectivity index (χ3n) is 2.41. The van der Waals surface area contributed by atoms with Gasteiger partial charge in [-0.2, -0.15) is 0 Å². The SMILES string of the molecule is CC(C)C[B-](CC(C)C)CC(C)C.[K+]. The summed E-state index contributed by atoms with van der Waals surface area (Å²) in [6.45, 7) is 15.0. The average molecular weight is 221 g/mol. The molecule has 0 aliphatic heterocycles. The van der Waals surface area contributed by atoms with E-state index in [0.717, 1.165) is 24.5 Å². The van der Waals surface area contributed by atoms with Gasteiger partial charge in [0, 0.05) is 0 Å². The molecular formula is C12H27BK. The van der Waals surface area contributed by atoms with E-state index in [4.69, 9.17) is 0 Å². The fourth-order valence-corrected chi connectivity index (χ4v) is 2.29. The van der Waals surface area contributed by atoms with Crippen molar-refractivity contribution in [2.24, 2.45) is 17.8 Å². The van der Waals surface area contributed by atoms with Crippen LogP contribution in [0.4, 0.5) is 0 Å². The fourth-order valence-electron chi connectivity index (χ4n) is 2.29. The molecule has 79 valence electrons. The molecule has 0 atom stereocenters. The Bertz CT molecular complexity index is 97.7. The summed E-state index contributed by atoms with van der Waals surface area (Å²) in [6.07, 6.45) is 4.24. The van der Waals surface area contributed by atoms with Crippen molar-refractivity contribution in [3.05, 3.63) is 0 Å². The van der Waals surface area contributed by atoms with E-state index in [1.807, 2.05) is 0 Å². The van der Waals surface area contributed by atoms with Crippen LogP contribution in [0.15, 0.2) is 0 Å². The summed E-state index contributed by atoms with van der Waals surface area (Å²) in [4.78, 5) is 0. The van der Waals surface area contributed by atoms with Crippen LogP contribution in [0.5, 0.6) is 0 Å². The second kappa shape index (κ2) is 9.89. The minimum Gasteiger partial charge on any atom is -0.206 e. The molecule has 0 aliphatic carbocycles. The maximum absolute atomic E-state index is 2.34. The molecule has 14 heavy (non-hydrogen) atoms. The van der Waals surface area contributed by atoms with Crippen molar-refractivity contribution in [1.29, 1.82) is 0 Å². The minimum absolute atomic E-state index is 0. The van der Waals surface area contributed by atoms with Gasteiger partial charge in [-0.3, -0.25) is 0 Å². The van der Waals surface area contributed by atoms with E-state index in [1.165, 1.54) is 19.0 Å². The molecule has 0 spiro atoms. The number of rotatable bonds is 6. The molecule has 0 aromatic heterocycles. The summed E-state index contributed by atoms with van der Waals surface area (Å²) < 4.78 is 0. The van der Waals surface area contributed by atoms with Crippen LogP contribution in [0, 0.1) is 17.8 Å². The first-order chi connectivity index (χ1) is 5.91. The van der Waals surface area contributed by atoms with E-state index in [2.05, 4.69) is 41.5 Å². The zero-order valence-electron chi connectivity index (χ0n) is 11.4. The van der Waals surface area contributed by atoms with Gasteiger partial charge >= 0.3 is 51.4 Å². The molecule has 0 rings (SSSR count). The van der Waals surface area contributed by atoms with Crippen LogP contribution in [0.25, 0.3) is 0 Å². The molecule has 0 nitrogen and oxygen atoms in total. The van der Waals surface area contributed by atoms with E-state index in [9.17, 15) is 0 Å². The van der Waals surface area contributed by atoms with Crippen molar-refractivity contribution in [2.45, 2.75) is 60.5 Å². The summed E-state index contributed by atoms with van der Waals surface area (Å²) in [5.74, 6) is 2.59. The molecule has 1 radical (unpaired) electrons. The molecule has 2 heteroatoms. The number of hydrogen-bond donors (Lipinski definition) is 0. The van der Waals surface area contributed by atoms with Gasteiger partial charge < -0.3 is 0 Å². The molecule has 0 unspecified atom stereocenters. The predicted octanol–water partition coefficient (Wildman–Crippen LogP) is 1.45. The molecule has 0 aliphatic rings. The molecule has 0 bridgehead atoms. The van der Waals surface area contributed by atoms with Crippen molar-refractivity contribution < 1.29 is 51.4 Å². The normalized spacial score (nSPS) is 11.6. The zero-order valence-corrected chi connectivity index (χ0v) is 14.6. The first-order valence-electron chi connectivity index (χ1n) is 5.91. The Morgan fingerprint density at radius 1 is 0.643 bits per heavy atom. The van der Waals surface area contributed by atoms with Gasteiger partial charge in [0.05, 0.1) is 0 Å². The molecule has 0 saturated heterocycles. The van der Waals surface area contributed by atoms with Crippen molar-refractivity contribution in [2.75, 3.05) is 0 Å². The van der Waals surface area contributed by atoms with Gasteiger partial charge in [0.15, 0.2) is 0 Å². The summed E-state index contributed by atoms with van der Waals surface area (Å²) in [5, 5.41) is 0. The zero-order chi connectivity index (χ0) is 10.4. The van der Waals surface area contributed by atoms with Crippen molar-refractivity contribution in [3.8, 4) is 0 Å². The smallest absolute Gasteiger partial charge is 0.206 e. The van der Waals surface area contributed by atoms with Gasteiger partial charge in [-0.25, -0.2) is 19.0 Å². The van der Waals surface area contributed by atoms with Crippen LogP contribution in [0.2, 0.25) is 19.0 Å². The molecule has 0 fully saturated rings. The Morgan fingerprint density at radius 3 is 1.00 bits per heavy atom. The van der Waals surface area contributed by atoms with Gasteiger partial charge in [0.25, 0.3) is 0 Å². The second-order valence-electron chi connectivity index (χ2n) is 5.75. The predicted molar refractivity (Wildman–Crippen MR) is 64.7 cm³/mol. The van der Waals surface area contributed by atoms with Gasteiger partial charge in [-0.15, -0.1) is 6.71 Å². The second-order valence-corrected chi connectivity index (χ2v) is 5.75. The minimum atomic E-state index is 0. The van der Waals surface area contributed by atoms with Gasteiger partial charge in [-0.05, 0) is 0 Å². The molecular weight excluding hydrogens is 194 g/mol. The van der Waals surface area contributed by atoms with E-state index in [0.29, 0.717) is 0 Å². The third-order valence-corrected chi connectivity index (χ3v) is 2.41. The van der Waals surface area contributed by atoms with Gasteiger partial charge in [0.1, 0.15) is 0 Å². The summed E-state index contributed by atoms with van der Waals surface area (Å²) in [5.41, 5.74) is 0. The molecule has 0 saturated carbocycles. The molecule has 0 heterocycles. The topological polar surface area (TPSA) is 0 Å². The van der Waals surface area contributed by atoms with Gasteiger partial charge in [-0.1, -0.05) is 59.3 Å². The first kappa shape index (κ1) is 18.1. The van der Waals surface area contributed by atoms with Crippen LogP contribution in [0.1, 0.15) is 41.5 Å². The standard InChI is InChI=1S/C12H27B.K/c1-10(2)7-13(8-11(3)4)9-12(5)6;/h10-12H,7-9H2,1-6H3;/q-1;+1. The number of hydrogen-bond acceptors (Lipinski definition) is 0. The Kier molecular flexibility index (Phi) is 12.8. The first-order valence-corrected chi connectivity index (χ1v) is 5.91. The maximum Gasteiger partial charge on any atom is 1.00 e. The monoisotopic (exact) mass is 221 g/mol. The Morgan fingerprint density at radius 2 is 0.857 bits per heavy atom. The molecule has 0 aromatic carbocycles. The molecule has 0 N–H and O–H groups in total. The van der Waals surface area contributed by atoms with E-state index < -0.39 is 0 Å². The van der Waals surface area contributed by atoms with Crippen LogP contribution in [-0.4, -0.2) is 6.71 Å². The van der Waals surface area contributed by atoms with E-state index >= 15 is 0 Å². The molecule has 0 amide bonds. The largest absolute Gasteiger partial charge is 1.00 e. The van der Waals surface area contributed by atoms with Gasteiger partial charge in [0.2, 0.25) is 0 Å². The summed E-state index contributed by atoms with van der Waals surface area (Å²) >= 11 is 0. The van der Waals surface area contributed by atoms with Crippen molar-refractivity contribution >= 4 is 6.71 Å². The molecule has 0 aromatic rings. The average Bonchev–Trinajstić information content (AvgIpc) is 1.80. The Labute approximate surface area is 134 Å². The van der Waals surface area contributed by atoms with E-state index in [-0.39, 0.29) is 51.4 Å². The van der Waals surface area contributed by atoms with Crippen LogP contribution in [-0.2, 0) is 0 Å². The van der Waals surface area contributed by atoms with Crippen molar-refractivity contribution in [1.82, 2.24) is 0 Å². The quantitative estimate of drug-likeness (QED) is 0.596. The van der Waals surface area contributed by atoms with Crippen LogP contribution < -0.4 is 51.4 Å². The fraction of sp³-hybridized carbons (Fsp3) is 1.00. The summed E-state index contributed by atoms with van der Waals surface area (Å²) in [7, 11) is 0.